The van der Waals surface area contributed by atoms with Gasteiger partial charge in [-0.2, -0.15) is 0 Å². The fraction of sp³-hybridized carbons (Fsp3) is 0.400. The number of nitrogens with two attached hydrogens (primary N) is 1. The van der Waals surface area contributed by atoms with Crippen molar-refractivity contribution in [3.8, 4) is 0 Å². The lowest BCUT2D eigenvalue weighted by atomic mass is 10.1. The molecular formula is C15H21BrN4. The maximum absolute atomic E-state index is 6.01. The molecule has 0 aliphatic rings. The molecule has 4 nitrogen and oxygen atoms in total. The molecule has 0 bridgehead atoms. The first-order valence-electron chi connectivity index (χ1n) is 6.80. The zero-order chi connectivity index (χ0) is 14.5. The lowest BCUT2D eigenvalue weighted by Crippen LogP contribution is -2.14. The number of hydrogen-bond acceptors (Lipinski definition) is 4. The minimum Gasteiger partial charge on any atom is -0.398 e. The summed E-state index contributed by atoms with van der Waals surface area (Å²) in [6, 6.07) is 5.94. The van der Waals surface area contributed by atoms with Crippen LogP contribution in [-0.2, 0) is 0 Å². The zero-order valence-corrected chi connectivity index (χ0v) is 13.6. The summed E-state index contributed by atoms with van der Waals surface area (Å²) in [7, 11) is 4.20. The van der Waals surface area contributed by atoms with Crippen molar-refractivity contribution in [2.75, 3.05) is 38.2 Å². The summed E-state index contributed by atoms with van der Waals surface area (Å²) in [5.74, 6) is 0. The van der Waals surface area contributed by atoms with Gasteiger partial charge in [0.15, 0.2) is 0 Å². The molecule has 0 aliphatic carbocycles. The fourth-order valence-electron chi connectivity index (χ4n) is 2.13. The third kappa shape index (κ3) is 3.84. The Bertz CT molecular complexity index is 583. The first-order chi connectivity index (χ1) is 9.58. The van der Waals surface area contributed by atoms with E-state index in [-0.39, 0.29) is 0 Å². The highest BCUT2D eigenvalue weighted by Crippen LogP contribution is 2.28. The van der Waals surface area contributed by atoms with Gasteiger partial charge in [0.05, 0.1) is 11.2 Å². The molecule has 0 fully saturated rings. The van der Waals surface area contributed by atoms with Gasteiger partial charge in [0.2, 0.25) is 0 Å². The maximum Gasteiger partial charge on any atom is 0.0954 e. The van der Waals surface area contributed by atoms with E-state index in [1.165, 1.54) is 6.42 Å². The van der Waals surface area contributed by atoms with E-state index in [0.29, 0.717) is 0 Å². The van der Waals surface area contributed by atoms with Gasteiger partial charge >= 0.3 is 0 Å². The summed E-state index contributed by atoms with van der Waals surface area (Å²) < 4.78 is 0.944. The van der Waals surface area contributed by atoms with E-state index in [1.54, 1.807) is 6.20 Å². The Morgan fingerprint density at radius 2 is 2.10 bits per heavy atom. The van der Waals surface area contributed by atoms with Crippen LogP contribution < -0.4 is 11.1 Å². The minimum absolute atomic E-state index is 0.756. The Labute approximate surface area is 128 Å². The second kappa shape index (κ2) is 6.90. The van der Waals surface area contributed by atoms with Crippen LogP contribution >= 0.6 is 15.9 Å². The lowest BCUT2D eigenvalue weighted by molar-refractivity contribution is 0.396. The first kappa shape index (κ1) is 15.1. The van der Waals surface area contributed by atoms with Crippen LogP contribution in [0.15, 0.2) is 28.9 Å². The predicted molar refractivity (Wildman–Crippen MR) is 90.1 cm³/mol. The Morgan fingerprint density at radius 3 is 2.85 bits per heavy atom. The van der Waals surface area contributed by atoms with Crippen molar-refractivity contribution < 1.29 is 0 Å². The zero-order valence-electron chi connectivity index (χ0n) is 12.0. The molecule has 0 unspecified atom stereocenters. The van der Waals surface area contributed by atoms with Gasteiger partial charge in [-0.25, -0.2) is 0 Å². The molecule has 1 aromatic heterocycles. The summed E-state index contributed by atoms with van der Waals surface area (Å²) in [4.78, 5) is 6.68. The molecule has 0 saturated heterocycles. The van der Waals surface area contributed by atoms with E-state index in [9.17, 15) is 0 Å². The smallest absolute Gasteiger partial charge is 0.0954 e. The summed E-state index contributed by atoms with van der Waals surface area (Å²) in [5, 5.41) is 4.44. The van der Waals surface area contributed by atoms with Crippen LogP contribution in [0.25, 0.3) is 10.9 Å². The van der Waals surface area contributed by atoms with Crippen molar-refractivity contribution >= 4 is 38.2 Å². The van der Waals surface area contributed by atoms with Crippen LogP contribution in [-0.4, -0.2) is 37.1 Å². The van der Waals surface area contributed by atoms with Crippen LogP contribution in [0.1, 0.15) is 12.8 Å². The Balaban J connectivity index is 2.05. The van der Waals surface area contributed by atoms with Gasteiger partial charge in [-0.15, -0.1) is 0 Å². The molecule has 108 valence electrons. The average Bonchev–Trinajstić information content (AvgIpc) is 2.41. The highest BCUT2D eigenvalue weighted by molar-refractivity contribution is 9.10. The van der Waals surface area contributed by atoms with E-state index in [0.717, 1.165) is 46.3 Å². The van der Waals surface area contributed by atoms with Crippen molar-refractivity contribution in [3.05, 3.63) is 28.9 Å². The molecular weight excluding hydrogens is 316 g/mol. The van der Waals surface area contributed by atoms with E-state index in [1.807, 2.05) is 18.2 Å². The van der Waals surface area contributed by atoms with Crippen molar-refractivity contribution in [3.63, 3.8) is 0 Å². The standard InChI is InChI=1S/C15H21BrN4/c1-20(2)8-4-3-7-18-14-6-5-13(17)12-9-11(16)10-19-15(12)14/h5-6,9-10,18H,3-4,7-8,17H2,1-2H3. The molecule has 0 atom stereocenters. The molecule has 1 heterocycles. The number of rotatable bonds is 6. The third-order valence-electron chi connectivity index (χ3n) is 3.20. The van der Waals surface area contributed by atoms with Crippen molar-refractivity contribution in [1.29, 1.82) is 0 Å². The number of nitrogens with zero attached hydrogens (tertiary/aromatic N) is 2. The van der Waals surface area contributed by atoms with Crippen molar-refractivity contribution in [2.24, 2.45) is 0 Å². The number of nitrogens with one attached hydrogen (secondary N) is 1. The van der Waals surface area contributed by atoms with Crippen molar-refractivity contribution in [1.82, 2.24) is 9.88 Å². The molecule has 0 radical (unpaired) electrons. The Kier molecular flexibility index (Phi) is 5.20. The van der Waals surface area contributed by atoms with Gasteiger partial charge in [0.1, 0.15) is 0 Å². The number of benzene rings is 1. The van der Waals surface area contributed by atoms with Gasteiger partial charge in [-0.3, -0.25) is 4.98 Å². The largest absolute Gasteiger partial charge is 0.398 e. The number of halogens is 1. The van der Waals surface area contributed by atoms with Crippen LogP contribution in [0.5, 0.6) is 0 Å². The molecule has 5 heteroatoms. The summed E-state index contributed by atoms with van der Waals surface area (Å²) >= 11 is 3.43. The number of unbranched alkanes of at least 4 members (excludes halogenated alkanes) is 1. The minimum atomic E-state index is 0.756. The number of fused-ring (bicyclic) bond motifs is 1. The quantitative estimate of drug-likeness (QED) is 0.627. The summed E-state index contributed by atoms with van der Waals surface area (Å²) in [5.41, 5.74) is 8.74. The summed E-state index contributed by atoms with van der Waals surface area (Å²) in [6.07, 6.45) is 4.13. The second-order valence-electron chi connectivity index (χ2n) is 5.19. The molecule has 0 spiro atoms. The van der Waals surface area contributed by atoms with Gasteiger partial charge in [0, 0.05) is 28.3 Å². The van der Waals surface area contributed by atoms with E-state index in [4.69, 9.17) is 5.73 Å². The second-order valence-corrected chi connectivity index (χ2v) is 6.10. The molecule has 0 saturated carbocycles. The predicted octanol–water partition coefficient (Wildman–Crippen LogP) is 3.33. The molecule has 0 amide bonds. The lowest BCUT2D eigenvalue weighted by Gasteiger charge is -2.12. The molecule has 2 aromatic rings. The number of nitrogen functional groups attached to an aromatic ring is 1. The first-order valence-corrected chi connectivity index (χ1v) is 7.59. The summed E-state index contributed by atoms with van der Waals surface area (Å²) in [6.45, 7) is 2.07. The van der Waals surface area contributed by atoms with Crippen LogP contribution in [0.4, 0.5) is 11.4 Å². The average molecular weight is 337 g/mol. The molecule has 0 aliphatic heterocycles. The molecule has 1 aromatic carbocycles. The molecule has 20 heavy (non-hydrogen) atoms. The normalized spacial score (nSPS) is 11.2. The number of aromatic nitrogens is 1. The van der Waals surface area contributed by atoms with E-state index < -0.39 is 0 Å². The van der Waals surface area contributed by atoms with Crippen LogP contribution in [0, 0.1) is 0 Å². The highest BCUT2D eigenvalue weighted by Gasteiger charge is 2.06. The third-order valence-corrected chi connectivity index (χ3v) is 3.63. The van der Waals surface area contributed by atoms with E-state index >= 15 is 0 Å². The van der Waals surface area contributed by atoms with Gasteiger partial charge in [-0.05, 0) is 67.6 Å². The SMILES string of the molecule is CN(C)CCCCNc1ccc(N)c2cc(Br)cnc12. The topological polar surface area (TPSA) is 54.2 Å². The number of anilines is 2. The van der Waals surface area contributed by atoms with Crippen molar-refractivity contribution in [2.45, 2.75) is 12.8 Å². The van der Waals surface area contributed by atoms with E-state index in [2.05, 4.69) is 45.2 Å². The van der Waals surface area contributed by atoms with Gasteiger partial charge in [-0.1, -0.05) is 0 Å². The van der Waals surface area contributed by atoms with Gasteiger partial charge < -0.3 is 16.0 Å². The Morgan fingerprint density at radius 1 is 1.30 bits per heavy atom. The molecule has 3 N–H and O–H groups in total. The highest BCUT2D eigenvalue weighted by atomic mass is 79.9. The van der Waals surface area contributed by atoms with Gasteiger partial charge in [0.25, 0.3) is 0 Å². The van der Waals surface area contributed by atoms with Crippen LogP contribution in [0.2, 0.25) is 0 Å². The van der Waals surface area contributed by atoms with Crippen LogP contribution in [0.3, 0.4) is 0 Å². The Hall–Kier alpha value is -1.33. The maximum atomic E-state index is 6.01. The number of hydrogen-bond donors (Lipinski definition) is 2. The monoisotopic (exact) mass is 336 g/mol. The fourth-order valence-corrected chi connectivity index (χ4v) is 2.47. The molecule has 2 rings (SSSR count). The number of pyridine rings is 1.